The first-order valence-corrected chi connectivity index (χ1v) is 7.88. The maximum absolute atomic E-state index is 5.56. The van der Waals surface area contributed by atoms with E-state index in [0.29, 0.717) is 6.10 Å². The maximum Gasteiger partial charge on any atom is 0.175 e. The van der Waals surface area contributed by atoms with Crippen LogP contribution >= 0.6 is 34.9 Å². The highest BCUT2D eigenvalue weighted by molar-refractivity contribution is 8.03. The summed E-state index contributed by atoms with van der Waals surface area (Å²) in [4.78, 5) is 0. The van der Waals surface area contributed by atoms with Crippen LogP contribution in [0.5, 0.6) is 0 Å². The first-order chi connectivity index (χ1) is 7.38. The highest BCUT2D eigenvalue weighted by Crippen LogP contribution is 2.30. The molecule has 1 fully saturated rings. The van der Waals surface area contributed by atoms with Crippen molar-refractivity contribution in [1.29, 1.82) is 0 Å². The van der Waals surface area contributed by atoms with Crippen LogP contribution in [0.3, 0.4) is 0 Å². The van der Waals surface area contributed by atoms with Crippen molar-refractivity contribution in [3.05, 3.63) is 0 Å². The largest absolute Gasteiger partial charge is 0.377 e. The van der Waals surface area contributed by atoms with E-state index in [1.807, 2.05) is 0 Å². The second kappa shape index (κ2) is 6.08. The molecular weight excluding hydrogens is 248 g/mol. The molecule has 1 aromatic rings. The van der Waals surface area contributed by atoms with Gasteiger partial charge in [-0.3, -0.25) is 0 Å². The number of nitrogens with zero attached hydrogens (tertiary/aromatic N) is 2. The summed E-state index contributed by atoms with van der Waals surface area (Å²) < 4.78 is 7.71. The molecule has 0 N–H and O–H groups in total. The molecule has 2 heterocycles. The summed E-state index contributed by atoms with van der Waals surface area (Å²) in [6, 6.07) is 0. The highest BCUT2D eigenvalue weighted by Gasteiger charge is 2.16. The van der Waals surface area contributed by atoms with Gasteiger partial charge in [0.05, 0.1) is 6.10 Å². The molecule has 0 aromatic carbocycles. The third-order valence-corrected chi connectivity index (χ3v) is 5.28. The quantitative estimate of drug-likeness (QED) is 0.762. The zero-order valence-corrected chi connectivity index (χ0v) is 11.1. The van der Waals surface area contributed by atoms with E-state index in [2.05, 4.69) is 17.1 Å². The first-order valence-electron chi connectivity index (χ1n) is 5.09. The minimum atomic E-state index is 0.432. The molecule has 0 spiro atoms. The van der Waals surface area contributed by atoms with Gasteiger partial charge in [-0.15, -0.1) is 10.2 Å². The van der Waals surface area contributed by atoms with Crippen LogP contribution in [0.2, 0.25) is 0 Å². The van der Waals surface area contributed by atoms with Crippen molar-refractivity contribution in [3.8, 4) is 0 Å². The van der Waals surface area contributed by atoms with Gasteiger partial charge < -0.3 is 4.74 Å². The lowest BCUT2D eigenvalue weighted by Gasteiger charge is -2.05. The number of hydrogen-bond acceptors (Lipinski definition) is 6. The Kier molecular flexibility index (Phi) is 4.74. The molecule has 84 valence electrons. The topological polar surface area (TPSA) is 35.0 Å². The van der Waals surface area contributed by atoms with Crippen molar-refractivity contribution < 1.29 is 4.74 Å². The van der Waals surface area contributed by atoms with E-state index >= 15 is 0 Å². The Hall–Kier alpha value is 0.220. The molecular formula is C9H14N2OS3. The van der Waals surface area contributed by atoms with Crippen LogP contribution in [0.25, 0.3) is 0 Å². The van der Waals surface area contributed by atoms with Gasteiger partial charge in [0.2, 0.25) is 0 Å². The van der Waals surface area contributed by atoms with E-state index in [1.165, 1.54) is 12.8 Å². The fourth-order valence-corrected chi connectivity index (χ4v) is 4.39. The standard InChI is InChI=1S/C9H14N2OS3/c1-2-13-8-10-11-9(15-8)14-6-7-4-3-5-12-7/h7H,2-6H2,1H3. The summed E-state index contributed by atoms with van der Waals surface area (Å²) in [6.45, 7) is 3.06. The minimum Gasteiger partial charge on any atom is -0.377 e. The molecule has 0 aliphatic carbocycles. The third-order valence-electron chi connectivity index (χ3n) is 2.07. The molecule has 1 atom stereocenters. The van der Waals surface area contributed by atoms with Gasteiger partial charge in [-0.2, -0.15) is 0 Å². The second-order valence-corrected chi connectivity index (χ2v) is 6.97. The lowest BCUT2D eigenvalue weighted by atomic mass is 10.3. The van der Waals surface area contributed by atoms with E-state index < -0.39 is 0 Å². The number of ether oxygens (including phenoxy) is 1. The van der Waals surface area contributed by atoms with Gasteiger partial charge in [0.1, 0.15) is 0 Å². The lowest BCUT2D eigenvalue weighted by molar-refractivity contribution is 0.129. The Bertz CT molecular complexity index is 299. The van der Waals surface area contributed by atoms with Crippen molar-refractivity contribution in [2.45, 2.75) is 34.5 Å². The second-order valence-electron chi connectivity index (χ2n) is 3.21. The zero-order valence-electron chi connectivity index (χ0n) is 8.64. The van der Waals surface area contributed by atoms with Gasteiger partial charge in [0.15, 0.2) is 8.68 Å². The number of rotatable bonds is 5. The molecule has 1 aliphatic heterocycles. The molecule has 1 unspecified atom stereocenters. The van der Waals surface area contributed by atoms with Gasteiger partial charge in [0, 0.05) is 12.4 Å². The van der Waals surface area contributed by atoms with Gasteiger partial charge in [-0.25, -0.2) is 0 Å². The number of hydrogen-bond donors (Lipinski definition) is 0. The maximum atomic E-state index is 5.56. The normalized spacial score (nSPS) is 21.0. The Balaban J connectivity index is 1.77. The predicted octanol–water partition coefficient (Wildman–Crippen LogP) is 2.92. The van der Waals surface area contributed by atoms with E-state index in [-0.39, 0.29) is 0 Å². The average molecular weight is 262 g/mol. The van der Waals surface area contributed by atoms with Crippen LogP contribution in [0.4, 0.5) is 0 Å². The molecule has 3 nitrogen and oxygen atoms in total. The summed E-state index contributed by atoms with van der Waals surface area (Å²) in [7, 11) is 0. The van der Waals surface area contributed by atoms with E-state index in [1.54, 1.807) is 34.9 Å². The van der Waals surface area contributed by atoms with Gasteiger partial charge in [0.25, 0.3) is 0 Å². The first kappa shape index (κ1) is 11.7. The van der Waals surface area contributed by atoms with Crippen LogP contribution in [-0.4, -0.2) is 34.4 Å². The summed E-state index contributed by atoms with van der Waals surface area (Å²) in [6.07, 6.45) is 2.84. The Morgan fingerprint density at radius 2 is 2.20 bits per heavy atom. The minimum absolute atomic E-state index is 0.432. The van der Waals surface area contributed by atoms with E-state index in [9.17, 15) is 0 Å². The SMILES string of the molecule is CCSc1nnc(SCC2CCCO2)s1. The Labute approximate surface area is 102 Å². The summed E-state index contributed by atoms with van der Waals surface area (Å²) in [5, 5.41) is 8.27. The zero-order chi connectivity index (χ0) is 10.5. The van der Waals surface area contributed by atoms with Gasteiger partial charge in [-0.1, -0.05) is 41.8 Å². The fourth-order valence-electron chi connectivity index (χ4n) is 1.38. The van der Waals surface area contributed by atoms with Gasteiger partial charge in [-0.05, 0) is 18.6 Å². The molecule has 0 bridgehead atoms. The predicted molar refractivity (Wildman–Crippen MR) is 66.0 cm³/mol. The molecule has 0 radical (unpaired) electrons. The third kappa shape index (κ3) is 3.62. The van der Waals surface area contributed by atoms with E-state index in [0.717, 1.165) is 26.8 Å². The Morgan fingerprint density at radius 3 is 2.87 bits per heavy atom. The molecule has 6 heteroatoms. The average Bonchev–Trinajstić information content (AvgIpc) is 2.85. The van der Waals surface area contributed by atoms with E-state index in [4.69, 9.17) is 4.74 Å². The Morgan fingerprint density at radius 1 is 1.40 bits per heavy atom. The summed E-state index contributed by atoms with van der Waals surface area (Å²) in [5.74, 6) is 2.08. The van der Waals surface area contributed by atoms with Crippen LogP contribution in [-0.2, 0) is 4.74 Å². The molecule has 2 rings (SSSR count). The van der Waals surface area contributed by atoms with Crippen molar-refractivity contribution in [1.82, 2.24) is 10.2 Å². The molecule has 15 heavy (non-hydrogen) atoms. The van der Waals surface area contributed by atoms with Crippen LogP contribution in [0, 0.1) is 0 Å². The molecule has 1 aromatic heterocycles. The van der Waals surface area contributed by atoms with Crippen LogP contribution < -0.4 is 0 Å². The monoisotopic (exact) mass is 262 g/mol. The van der Waals surface area contributed by atoms with Crippen LogP contribution in [0.15, 0.2) is 8.68 Å². The van der Waals surface area contributed by atoms with Crippen molar-refractivity contribution in [2.24, 2.45) is 0 Å². The fraction of sp³-hybridized carbons (Fsp3) is 0.778. The number of thioether (sulfide) groups is 2. The van der Waals surface area contributed by atoms with Crippen molar-refractivity contribution in [3.63, 3.8) is 0 Å². The molecule has 1 saturated heterocycles. The lowest BCUT2D eigenvalue weighted by Crippen LogP contribution is -2.07. The smallest absolute Gasteiger partial charge is 0.175 e. The number of aromatic nitrogens is 2. The molecule has 0 saturated carbocycles. The van der Waals surface area contributed by atoms with Crippen molar-refractivity contribution >= 4 is 34.9 Å². The molecule has 0 amide bonds. The highest BCUT2D eigenvalue weighted by atomic mass is 32.2. The molecule has 1 aliphatic rings. The summed E-state index contributed by atoms with van der Waals surface area (Å²) in [5.41, 5.74) is 0. The van der Waals surface area contributed by atoms with Crippen molar-refractivity contribution in [2.75, 3.05) is 18.1 Å². The summed E-state index contributed by atoms with van der Waals surface area (Å²) >= 11 is 5.21. The van der Waals surface area contributed by atoms with Gasteiger partial charge >= 0.3 is 0 Å². The van der Waals surface area contributed by atoms with Crippen LogP contribution in [0.1, 0.15) is 19.8 Å².